The van der Waals surface area contributed by atoms with Crippen molar-refractivity contribution in [3.8, 4) is 5.75 Å². The third kappa shape index (κ3) is 2.38. The number of hydrogen-bond acceptors (Lipinski definition) is 3. The van der Waals surface area contributed by atoms with E-state index in [2.05, 4.69) is 9.97 Å². The fourth-order valence-corrected chi connectivity index (χ4v) is 2.52. The van der Waals surface area contributed by atoms with Crippen LogP contribution in [0.25, 0.3) is 11.0 Å². The summed E-state index contributed by atoms with van der Waals surface area (Å²) in [6, 6.07) is 8.85. The quantitative estimate of drug-likeness (QED) is 0.745. The Bertz CT molecular complexity index is 811. The molecule has 1 aromatic carbocycles. The van der Waals surface area contributed by atoms with Crippen molar-refractivity contribution in [2.45, 2.75) is 6.92 Å². The monoisotopic (exact) mass is 300 g/mol. The number of aromatic nitrogens is 2. The third-order valence-corrected chi connectivity index (χ3v) is 3.51. The average Bonchev–Trinajstić information content (AvgIpc) is 2.93. The molecule has 0 fully saturated rings. The summed E-state index contributed by atoms with van der Waals surface area (Å²) in [5.41, 5.74) is 1.61. The predicted molar refractivity (Wildman–Crippen MR) is 82.1 cm³/mol. The fraction of sp³-hybridized carbons (Fsp3) is 0.125. The third-order valence-electron chi connectivity index (χ3n) is 3.20. The van der Waals surface area contributed by atoms with E-state index in [1.807, 2.05) is 19.1 Å². The molecular formula is C16H13ClN2O2. The number of nitrogens with one attached hydrogen (secondary N) is 1. The summed E-state index contributed by atoms with van der Waals surface area (Å²) in [5.74, 6) is 0.430. The minimum atomic E-state index is -0.139. The van der Waals surface area contributed by atoms with Crippen LogP contribution in [0.1, 0.15) is 22.8 Å². The zero-order chi connectivity index (χ0) is 14.8. The van der Waals surface area contributed by atoms with Crippen LogP contribution in [0.5, 0.6) is 5.75 Å². The lowest BCUT2D eigenvalue weighted by Crippen LogP contribution is -2.05. The molecule has 0 radical (unpaired) electrons. The Kier molecular flexibility index (Phi) is 3.62. The van der Waals surface area contributed by atoms with Crippen LogP contribution < -0.4 is 4.74 Å². The second kappa shape index (κ2) is 5.58. The molecule has 0 saturated carbocycles. The van der Waals surface area contributed by atoms with Crippen LogP contribution >= 0.6 is 11.6 Å². The molecule has 0 saturated heterocycles. The standard InChI is InChI=1S/C16H13ClN2O2/c1-2-21-13-6-4-3-5-10(13)15(20)11-9-19-16-14(11)12(17)7-8-18-16/h3-9H,2H2,1H3,(H,18,19). The smallest absolute Gasteiger partial charge is 0.199 e. The summed E-state index contributed by atoms with van der Waals surface area (Å²) >= 11 is 6.19. The lowest BCUT2D eigenvalue weighted by Gasteiger charge is -2.08. The maximum Gasteiger partial charge on any atom is 0.199 e. The first-order valence-electron chi connectivity index (χ1n) is 6.60. The van der Waals surface area contributed by atoms with E-state index in [1.165, 1.54) is 0 Å². The predicted octanol–water partition coefficient (Wildman–Crippen LogP) is 3.85. The van der Waals surface area contributed by atoms with Crippen molar-refractivity contribution in [2.75, 3.05) is 6.61 Å². The van der Waals surface area contributed by atoms with E-state index in [-0.39, 0.29) is 5.78 Å². The zero-order valence-corrected chi connectivity index (χ0v) is 12.1. The van der Waals surface area contributed by atoms with Gasteiger partial charge in [-0.1, -0.05) is 23.7 Å². The SMILES string of the molecule is CCOc1ccccc1C(=O)c1c[nH]c2nccc(Cl)c12. The Balaban J connectivity index is 2.13. The highest BCUT2D eigenvalue weighted by molar-refractivity contribution is 6.37. The number of halogens is 1. The van der Waals surface area contributed by atoms with Crippen LogP contribution in [0, 0.1) is 0 Å². The molecule has 2 heterocycles. The van der Waals surface area contributed by atoms with Crippen molar-refractivity contribution >= 4 is 28.4 Å². The lowest BCUT2D eigenvalue weighted by atomic mass is 10.0. The van der Waals surface area contributed by atoms with Crippen molar-refractivity contribution < 1.29 is 9.53 Å². The van der Waals surface area contributed by atoms with E-state index in [1.54, 1.807) is 30.6 Å². The first kappa shape index (κ1) is 13.6. The number of aromatic amines is 1. The van der Waals surface area contributed by atoms with E-state index in [9.17, 15) is 4.79 Å². The number of fused-ring (bicyclic) bond motifs is 1. The molecule has 3 rings (SSSR count). The number of pyridine rings is 1. The van der Waals surface area contributed by atoms with Crippen molar-refractivity contribution in [1.82, 2.24) is 9.97 Å². The van der Waals surface area contributed by atoms with Crippen molar-refractivity contribution in [1.29, 1.82) is 0 Å². The van der Waals surface area contributed by atoms with Crippen LogP contribution in [0.15, 0.2) is 42.7 Å². The van der Waals surface area contributed by atoms with Gasteiger partial charge >= 0.3 is 0 Å². The maximum atomic E-state index is 12.8. The molecule has 0 spiro atoms. The number of ether oxygens (including phenoxy) is 1. The summed E-state index contributed by atoms with van der Waals surface area (Å²) in [6.45, 7) is 2.38. The zero-order valence-electron chi connectivity index (χ0n) is 11.4. The number of rotatable bonds is 4. The number of carbonyl (C=O) groups is 1. The Labute approximate surface area is 126 Å². The van der Waals surface area contributed by atoms with E-state index >= 15 is 0 Å². The summed E-state index contributed by atoms with van der Waals surface area (Å²) in [6.07, 6.45) is 3.23. The Hall–Kier alpha value is -2.33. The summed E-state index contributed by atoms with van der Waals surface area (Å²) in [7, 11) is 0. The van der Waals surface area contributed by atoms with Gasteiger partial charge in [0.2, 0.25) is 0 Å². The minimum absolute atomic E-state index is 0.139. The molecule has 3 aromatic rings. The summed E-state index contributed by atoms with van der Waals surface area (Å²) < 4.78 is 5.52. The molecule has 1 N–H and O–H groups in total. The van der Waals surface area contributed by atoms with Gasteiger partial charge in [-0.3, -0.25) is 4.79 Å². The average molecular weight is 301 g/mol. The second-order valence-corrected chi connectivity index (χ2v) is 4.88. The highest BCUT2D eigenvalue weighted by Gasteiger charge is 2.19. The van der Waals surface area contributed by atoms with Gasteiger partial charge in [-0.25, -0.2) is 4.98 Å². The van der Waals surface area contributed by atoms with Gasteiger partial charge in [0.05, 0.1) is 22.8 Å². The molecule has 0 aliphatic carbocycles. The van der Waals surface area contributed by atoms with Crippen molar-refractivity contribution in [2.24, 2.45) is 0 Å². The van der Waals surface area contributed by atoms with Gasteiger partial charge in [-0.05, 0) is 25.1 Å². The van der Waals surface area contributed by atoms with Crippen LogP contribution in [-0.2, 0) is 0 Å². The molecule has 0 atom stereocenters. The summed E-state index contributed by atoms with van der Waals surface area (Å²) in [4.78, 5) is 19.9. The van der Waals surface area contributed by atoms with Crippen LogP contribution in [0.3, 0.4) is 0 Å². The molecule has 0 aliphatic heterocycles. The van der Waals surface area contributed by atoms with E-state index in [0.717, 1.165) is 0 Å². The number of nitrogens with zero attached hydrogens (tertiary/aromatic N) is 1. The van der Waals surface area contributed by atoms with Gasteiger partial charge in [0, 0.05) is 17.8 Å². The van der Waals surface area contributed by atoms with Gasteiger partial charge in [0.25, 0.3) is 0 Å². The number of H-pyrrole nitrogens is 1. The van der Waals surface area contributed by atoms with Gasteiger partial charge in [0.15, 0.2) is 5.78 Å². The Morgan fingerprint density at radius 3 is 2.90 bits per heavy atom. The first-order valence-corrected chi connectivity index (χ1v) is 6.98. The Morgan fingerprint density at radius 1 is 1.29 bits per heavy atom. The molecule has 0 unspecified atom stereocenters. The van der Waals surface area contributed by atoms with Crippen LogP contribution in [-0.4, -0.2) is 22.4 Å². The normalized spacial score (nSPS) is 10.8. The van der Waals surface area contributed by atoms with Crippen LogP contribution in [0.2, 0.25) is 5.02 Å². The molecule has 5 heteroatoms. The van der Waals surface area contributed by atoms with Gasteiger partial charge < -0.3 is 9.72 Å². The van der Waals surface area contributed by atoms with Gasteiger partial charge in [-0.15, -0.1) is 0 Å². The molecule has 106 valence electrons. The van der Waals surface area contributed by atoms with Crippen LogP contribution in [0.4, 0.5) is 0 Å². The number of ketones is 1. The first-order chi connectivity index (χ1) is 10.2. The fourth-order valence-electron chi connectivity index (χ4n) is 2.28. The molecule has 0 aliphatic rings. The van der Waals surface area contributed by atoms with E-state index in [0.29, 0.717) is 39.5 Å². The maximum absolute atomic E-state index is 12.8. The van der Waals surface area contributed by atoms with E-state index in [4.69, 9.17) is 16.3 Å². The molecule has 4 nitrogen and oxygen atoms in total. The number of benzene rings is 1. The molecule has 0 amide bonds. The lowest BCUT2D eigenvalue weighted by molar-refractivity contribution is 0.103. The largest absolute Gasteiger partial charge is 0.493 e. The molecular weight excluding hydrogens is 288 g/mol. The number of carbonyl (C=O) groups excluding carboxylic acids is 1. The summed E-state index contributed by atoms with van der Waals surface area (Å²) in [5, 5.41) is 1.13. The number of para-hydroxylation sites is 1. The topological polar surface area (TPSA) is 55.0 Å². The second-order valence-electron chi connectivity index (χ2n) is 4.48. The highest BCUT2D eigenvalue weighted by atomic mass is 35.5. The van der Waals surface area contributed by atoms with Gasteiger partial charge in [-0.2, -0.15) is 0 Å². The van der Waals surface area contributed by atoms with Gasteiger partial charge in [0.1, 0.15) is 11.4 Å². The van der Waals surface area contributed by atoms with Crippen molar-refractivity contribution in [3.05, 3.63) is 58.9 Å². The number of hydrogen-bond donors (Lipinski definition) is 1. The van der Waals surface area contributed by atoms with Crippen molar-refractivity contribution in [3.63, 3.8) is 0 Å². The minimum Gasteiger partial charge on any atom is -0.493 e. The molecule has 0 bridgehead atoms. The van der Waals surface area contributed by atoms with E-state index < -0.39 is 0 Å². The Morgan fingerprint density at radius 2 is 2.10 bits per heavy atom. The molecule has 2 aromatic heterocycles. The molecule has 21 heavy (non-hydrogen) atoms. The highest BCUT2D eigenvalue weighted by Crippen LogP contribution is 2.29.